The van der Waals surface area contributed by atoms with Crippen LogP contribution in [0.3, 0.4) is 0 Å². The van der Waals surface area contributed by atoms with Crippen molar-refractivity contribution in [3.8, 4) is 0 Å². The van der Waals surface area contributed by atoms with Crippen LogP contribution >= 0.6 is 0 Å². The minimum absolute atomic E-state index is 0.0417. The van der Waals surface area contributed by atoms with Gasteiger partial charge in [-0.2, -0.15) is 0 Å². The Balaban J connectivity index is 0. The van der Waals surface area contributed by atoms with E-state index in [9.17, 15) is 4.79 Å². The zero-order chi connectivity index (χ0) is 13.0. The number of rotatable bonds is 6. The maximum atomic E-state index is 9.93. The third-order valence-corrected chi connectivity index (χ3v) is 1.49. The van der Waals surface area contributed by atoms with Gasteiger partial charge in [-0.15, -0.1) is 0 Å². The first-order valence-electron chi connectivity index (χ1n) is 5.31. The normalized spacial score (nSPS) is 10.4. The lowest BCUT2D eigenvalue weighted by atomic mass is 10.2. The van der Waals surface area contributed by atoms with Crippen LogP contribution in [0.1, 0.15) is 27.7 Å². The predicted molar refractivity (Wildman–Crippen MR) is 63.0 cm³/mol. The van der Waals surface area contributed by atoms with Gasteiger partial charge in [-0.25, -0.2) is 5.06 Å². The smallest absolute Gasteiger partial charge is 0.233 e. The summed E-state index contributed by atoms with van der Waals surface area (Å²) in [6, 6.07) is 0. The van der Waals surface area contributed by atoms with Gasteiger partial charge >= 0.3 is 0 Å². The van der Waals surface area contributed by atoms with Gasteiger partial charge in [-0.3, -0.25) is 9.63 Å². The molecule has 0 aromatic rings. The molecule has 0 rings (SSSR count). The van der Waals surface area contributed by atoms with E-state index in [-0.39, 0.29) is 5.60 Å². The molecule has 0 aromatic heterocycles. The fourth-order valence-corrected chi connectivity index (χ4v) is 0.415. The molecule has 0 fully saturated rings. The Kier molecular flexibility index (Phi) is 12.0. The minimum Gasteiger partial charge on any atom is -0.379 e. The largest absolute Gasteiger partial charge is 0.379 e. The SMILES string of the molecule is CCOCCON(C)C=O.COC(C)(C)C. The van der Waals surface area contributed by atoms with Crippen molar-refractivity contribution in [3.05, 3.63) is 0 Å². The van der Waals surface area contributed by atoms with E-state index in [1.54, 1.807) is 14.2 Å². The summed E-state index contributed by atoms with van der Waals surface area (Å²) in [6.45, 7) is 9.59. The van der Waals surface area contributed by atoms with Gasteiger partial charge in [0, 0.05) is 20.8 Å². The Labute approximate surface area is 98.6 Å². The molecule has 0 aliphatic heterocycles. The molecule has 0 saturated heterocycles. The number of ether oxygens (including phenoxy) is 2. The number of hydrogen-bond donors (Lipinski definition) is 0. The van der Waals surface area contributed by atoms with Gasteiger partial charge in [0.05, 0.1) is 18.8 Å². The van der Waals surface area contributed by atoms with E-state index >= 15 is 0 Å². The van der Waals surface area contributed by atoms with E-state index in [1.165, 1.54) is 0 Å². The molecule has 5 nitrogen and oxygen atoms in total. The maximum Gasteiger partial charge on any atom is 0.233 e. The number of hydrogen-bond acceptors (Lipinski definition) is 4. The van der Waals surface area contributed by atoms with Crippen LogP contribution in [-0.2, 0) is 19.1 Å². The number of amides is 1. The van der Waals surface area contributed by atoms with Crippen molar-refractivity contribution >= 4 is 6.41 Å². The number of nitrogens with zero attached hydrogens (tertiary/aromatic N) is 1. The molecule has 0 aromatic carbocycles. The summed E-state index contributed by atoms with van der Waals surface area (Å²) in [4.78, 5) is 14.8. The van der Waals surface area contributed by atoms with Crippen molar-refractivity contribution < 1.29 is 19.1 Å². The van der Waals surface area contributed by atoms with E-state index in [2.05, 4.69) is 0 Å². The first-order chi connectivity index (χ1) is 7.37. The average molecular weight is 235 g/mol. The molecule has 0 radical (unpaired) electrons. The molecular formula is C11H25NO4. The number of carbonyl (C=O) groups is 1. The average Bonchev–Trinajstić information content (AvgIpc) is 2.24. The van der Waals surface area contributed by atoms with Gasteiger partial charge in [0.15, 0.2) is 0 Å². The highest BCUT2D eigenvalue weighted by molar-refractivity contribution is 5.44. The molecule has 0 atom stereocenters. The molecule has 0 N–H and O–H groups in total. The molecule has 98 valence electrons. The first kappa shape index (κ1) is 17.7. The van der Waals surface area contributed by atoms with Crippen molar-refractivity contribution in [2.24, 2.45) is 0 Å². The van der Waals surface area contributed by atoms with Gasteiger partial charge in [-0.1, -0.05) is 0 Å². The van der Waals surface area contributed by atoms with Crippen molar-refractivity contribution in [2.75, 3.05) is 34.0 Å². The second-order valence-electron chi connectivity index (χ2n) is 4.00. The molecule has 0 heterocycles. The Bertz CT molecular complexity index is 157. The van der Waals surface area contributed by atoms with Gasteiger partial charge in [-0.05, 0) is 27.7 Å². The molecule has 16 heavy (non-hydrogen) atoms. The van der Waals surface area contributed by atoms with Crippen LogP contribution in [0.5, 0.6) is 0 Å². The second-order valence-corrected chi connectivity index (χ2v) is 4.00. The summed E-state index contributed by atoms with van der Waals surface area (Å²) >= 11 is 0. The quantitative estimate of drug-likeness (QED) is 0.397. The highest BCUT2D eigenvalue weighted by Crippen LogP contribution is 2.02. The summed E-state index contributed by atoms with van der Waals surface area (Å²) in [5.74, 6) is 0. The van der Waals surface area contributed by atoms with Crippen molar-refractivity contribution in [1.29, 1.82) is 0 Å². The fraction of sp³-hybridized carbons (Fsp3) is 0.909. The highest BCUT2D eigenvalue weighted by atomic mass is 16.7. The fourth-order valence-electron chi connectivity index (χ4n) is 0.415. The number of methoxy groups -OCH3 is 1. The lowest BCUT2D eigenvalue weighted by Gasteiger charge is -2.14. The van der Waals surface area contributed by atoms with Crippen LogP contribution in [0.25, 0.3) is 0 Å². The van der Waals surface area contributed by atoms with Gasteiger partial charge in [0.1, 0.15) is 0 Å². The molecule has 0 aliphatic carbocycles. The Morgan fingerprint density at radius 2 is 1.75 bits per heavy atom. The number of hydroxylamine groups is 2. The highest BCUT2D eigenvalue weighted by Gasteiger charge is 2.04. The molecule has 0 aliphatic rings. The van der Waals surface area contributed by atoms with E-state index < -0.39 is 0 Å². The molecule has 0 bridgehead atoms. The number of carbonyl (C=O) groups excluding carboxylic acids is 1. The van der Waals surface area contributed by atoms with Crippen molar-refractivity contribution in [2.45, 2.75) is 33.3 Å². The molecule has 0 saturated carbocycles. The van der Waals surface area contributed by atoms with Gasteiger partial charge in [0.2, 0.25) is 6.41 Å². The summed E-state index contributed by atoms with van der Waals surface area (Å²) < 4.78 is 9.90. The Morgan fingerprint density at radius 3 is 2.06 bits per heavy atom. The molecule has 5 heteroatoms. The summed E-state index contributed by atoms with van der Waals surface area (Å²) in [5, 5.41) is 1.11. The van der Waals surface area contributed by atoms with E-state index in [0.717, 1.165) is 5.06 Å². The minimum atomic E-state index is 0.0417. The van der Waals surface area contributed by atoms with Crippen molar-refractivity contribution in [1.82, 2.24) is 5.06 Å². The van der Waals surface area contributed by atoms with Crippen LogP contribution in [0.4, 0.5) is 0 Å². The van der Waals surface area contributed by atoms with E-state index in [4.69, 9.17) is 14.3 Å². The zero-order valence-corrected chi connectivity index (χ0v) is 11.3. The second kappa shape index (κ2) is 10.9. The molecule has 0 unspecified atom stereocenters. The van der Waals surface area contributed by atoms with E-state index in [1.807, 2.05) is 27.7 Å². The Morgan fingerprint density at radius 1 is 1.25 bits per heavy atom. The summed E-state index contributed by atoms with van der Waals surface area (Å²) in [6.07, 6.45) is 0.603. The molecular weight excluding hydrogens is 210 g/mol. The summed E-state index contributed by atoms with van der Waals surface area (Å²) in [7, 11) is 3.25. The molecule has 0 spiro atoms. The van der Waals surface area contributed by atoms with Gasteiger partial charge < -0.3 is 9.47 Å². The lowest BCUT2D eigenvalue weighted by molar-refractivity contribution is -0.167. The topological polar surface area (TPSA) is 48.0 Å². The Hall–Kier alpha value is -0.650. The third kappa shape index (κ3) is 19.0. The standard InChI is InChI=1S/C6H13NO3.C5H12O/c1-3-9-4-5-10-7(2)6-8;1-5(2,3)6-4/h6H,3-5H2,1-2H3;1-4H3. The van der Waals surface area contributed by atoms with Crippen LogP contribution < -0.4 is 0 Å². The van der Waals surface area contributed by atoms with Crippen LogP contribution in [0.2, 0.25) is 0 Å². The first-order valence-corrected chi connectivity index (χ1v) is 5.31. The van der Waals surface area contributed by atoms with Crippen molar-refractivity contribution in [3.63, 3.8) is 0 Å². The summed E-state index contributed by atoms with van der Waals surface area (Å²) in [5.41, 5.74) is 0.0417. The zero-order valence-electron chi connectivity index (χ0n) is 11.3. The predicted octanol–water partition coefficient (Wildman–Crippen LogP) is 1.47. The van der Waals surface area contributed by atoms with Crippen LogP contribution in [-0.4, -0.2) is 51.1 Å². The van der Waals surface area contributed by atoms with Crippen LogP contribution in [0, 0.1) is 0 Å². The lowest BCUT2D eigenvalue weighted by Crippen LogP contribution is -2.19. The third-order valence-electron chi connectivity index (χ3n) is 1.49. The van der Waals surface area contributed by atoms with E-state index in [0.29, 0.717) is 26.2 Å². The maximum absolute atomic E-state index is 9.93. The molecule has 1 amide bonds. The van der Waals surface area contributed by atoms with Crippen LogP contribution in [0.15, 0.2) is 0 Å². The monoisotopic (exact) mass is 235 g/mol. The van der Waals surface area contributed by atoms with Gasteiger partial charge in [0.25, 0.3) is 0 Å².